The number of benzene rings is 2. The maximum Gasteiger partial charge on any atom is 0.230 e. The number of unbranched alkanes of at least 4 members (excludes halogenated alkanes) is 1. The van der Waals surface area contributed by atoms with Crippen molar-refractivity contribution in [3.63, 3.8) is 0 Å². The van der Waals surface area contributed by atoms with Crippen molar-refractivity contribution in [3.8, 4) is 5.69 Å². The highest BCUT2D eigenvalue weighted by Gasteiger charge is 2.11. The minimum atomic E-state index is -0.295. The summed E-state index contributed by atoms with van der Waals surface area (Å²) in [6.45, 7) is 2.53. The zero-order chi connectivity index (χ0) is 19.8. The van der Waals surface area contributed by atoms with E-state index < -0.39 is 0 Å². The van der Waals surface area contributed by atoms with Crippen LogP contribution in [0, 0.1) is 5.82 Å². The molecule has 0 spiro atoms. The highest BCUT2D eigenvalue weighted by Crippen LogP contribution is 2.19. The molecule has 3 rings (SSSR count). The Morgan fingerprint density at radius 1 is 1.11 bits per heavy atom. The second-order valence-electron chi connectivity index (χ2n) is 6.34. The van der Waals surface area contributed by atoms with E-state index in [2.05, 4.69) is 39.9 Å². The molecule has 2 aromatic carbocycles. The number of nitrogens with one attached hydrogen (secondary N) is 1. The van der Waals surface area contributed by atoms with Crippen LogP contribution in [-0.4, -0.2) is 31.9 Å². The summed E-state index contributed by atoms with van der Waals surface area (Å²) < 4.78 is 14.5. The molecule has 0 saturated carbocycles. The van der Waals surface area contributed by atoms with E-state index in [1.165, 1.54) is 42.3 Å². The molecule has 3 aromatic rings. The maximum absolute atomic E-state index is 12.9. The van der Waals surface area contributed by atoms with E-state index in [4.69, 9.17) is 0 Å². The fraction of sp³-hybridized carbons (Fsp3) is 0.300. The van der Waals surface area contributed by atoms with Gasteiger partial charge in [0.1, 0.15) is 5.82 Å². The van der Waals surface area contributed by atoms with E-state index in [-0.39, 0.29) is 17.5 Å². The lowest BCUT2D eigenvalue weighted by Gasteiger charge is -2.07. The Kier molecular flexibility index (Phi) is 7.13. The highest BCUT2D eigenvalue weighted by atomic mass is 32.2. The monoisotopic (exact) mass is 399 g/mol. The molecule has 0 radical (unpaired) electrons. The van der Waals surface area contributed by atoms with E-state index in [1.54, 1.807) is 16.8 Å². The van der Waals surface area contributed by atoms with Crippen LogP contribution >= 0.6 is 11.8 Å². The number of aromatic nitrogens is 4. The Hall–Kier alpha value is -2.74. The molecule has 0 bridgehead atoms. The first-order valence-corrected chi connectivity index (χ1v) is 10.2. The number of amides is 1. The Balaban J connectivity index is 1.53. The van der Waals surface area contributed by atoms with Gasteiger partial charge in [-0.1, -0.05) is 49.4 Å². The first kappa shape index (κ1) is 20.0. The van der Waals surface area contributed by atoms with E-state index in [1.807, 2.05) is 12.1 Å². The smallest absolute Gasteiger partial charge is 0.230 e. The van der Waals surface area contributed by atoms with Gasteiger partial charge in [0, 0.05) is 6.54 Å². The normalized spacial score (nSPS) is 10.8. The van der Waals surface area contributed by atoms with Gasteiger partial charge < -0.3 is 5.32 Å². The first-order chi connectivity index (χ1) is 13.7. The molecule has 146 valence electrons. The zero-order valence-electron chi connectivity index (χ0n) is 15.6. The third-order valence-corrected chi connectivity index (χ3v) is 5.10. The van der Waals surface area contributed by atoms with Crippen molar-refractivity contribution < 1.29 is 9.18 Å². The quantitative estimate of drug-likeness (QED) is 0.557. The van der Waals surface area contributed by atoms with Gasteiger partial charge in [-0.25, -0.2) is 4.39 Å². The molecule has 0 fully saturated rings. The third-order valence-electron chi connectivity index (χ3n) is 4.18. The molecular weight excluding hydrogens is 377 g/mol. The van der Waals surface area contributed by atoms with E-state index >= 15 is 0 Å². The second kappa shape index (κ2) is 9.98. The Morgan fingerprint density at radius 2 is 1.82 bits per heavy atom. The Morgan fingerprint density at radius 3 is 2.54 bits per heavy atom. The predicted octanol–water partition coefficient (Wildman–Crippen LogP) is 3.55. The standard InChI is InChI=1S/C20H22FN5OS/c1-2-3-4-15-7-11-18(12-8-15)26-20(23-24-25-26)28-14-19(27)22-13-16-5-9-17(21)10-6-16/h5-12H,2-4,13-14H2,1H3,(H,22,27). The number of aryl methyl sites for hydroxylation is 1. The molecule has 6 nitrogen and oxygen atoms in total. The highest BCUT2D eigenvalue weighted by molar-refractivity contribution is 7.99. The lowest BCUT2D eigenvalue weighted by Crippen LogP contribution is -2.24. The van der Waals surface area contributed by atoms with Crippen LogP contribution in [0.1, 0.15) is 30.9 Å². The molecule has 0 aliphatic heterocycles. The van der Waals surface area contributed by atoms with Gasteiger partial charge in [0.2, 0.25) is 11.1 Å². The topological polar surface area (TPSA) is 72.7 Å². The van der Waals surface area contributed by atoms with Gasteiger partial charge in [-0.2, -0.15) is 4.68 Å². The molecule has 0 aliphatic rings. The van der Waals surface area contributed by atoms with Crippen molar-refractivity contribution in [2.24, 2.45) is 0 Å². The zero-order valence-corrected chi connectivity index (χ0v) is 16.5. The van der Waals surface area contributed by atoms with Crippen LogP contribution < -0.4 is 5.32 Å². The summed E-state index contributed by atoms with van der Waals surface area (Å²) in [5.41, 5.74) is 2.99. The maximum atomic E-state index is 12.9. The molecule has 0 saturated heterocycles. The SMILES string of the molecule is CCCCc1ccc(-n2nnnc2SCC(=O)NCc2ccc(F)cc2)cc1. The molecular formula is C20H22FN5OS. The van der Waals surface area contributed by atoms with E-state index in [0.29, 0.717) is 11.7 Å². The van der Waals surface area contributed by atoms with Crippen molar-refractivity contribution >= 4 is 17.7 Å². The molecule has 0 atom stereocenters. The van der Waals surface area contributed by atoms with Crippen LogP contribution in [0.25, 0.3) is 5.69 Å². The van der Waals surface area contributed by atoms with Gasteiger partial charge in [0.05, 0.1) is 11.4 Å². The Bertz CT molecular complexity index is 896. The molecule has 1 N–H and O–H groups in total. The summed E-state index contributed by atoms with van der Waals surface area (Å²) in [7, 11) is 0. The van der Waals surface area contributed by atoms with Gasteiger partial charge in [0.15, 0.2) is 0 Å². The molecule has 28 heavy (non-hydrogen) atoms. The minimum Gasteiger partial charge on any atom is -0.351 e. The van der Waals surface area contributed by atoms with Gasteiger partial charge in [-0.05, 0) is 58.7 Å². The van der Waals surface area contributed by atoms with Crippen LogP contribution in [0.4, 0.5) is 4.39 Å². The van der Waals surface area contributed by atoms with Gasteiger partial charge >= 0.3 is 0 Å². The molecule has 0 aliphatic carbocycles. The van der Waals surface area contributed by atoms with Crippen molar-refractivity contribution in [1.82, 2.24) is 25.5 Å². The molecule has 1 heterocycles. The first-order valence-electron chi connectivity index (χ1n) is 9.17. The molecule has 0 unspecified atom stereocenters. The average molecular weight is 399 g/mol. The van der Waals surface area contributed by atoms with Crippen LogP contribution in [0.15, 0.2) is 53.7 Å². The number of hydrogen-bond donors (Lipinski definition) is 1. The number of tetrazole rings is 1. The van der Waals surface area contributed by atoms with Crippen molar-refractivity contribution in [1.29, 1.82) is 0 Å². The molecule has 1 aromatic heterocycles. The lowest BCUT2D eigenvalue weighted by atomic mass is 10.1. The number of thioether (sulfide) groups is 1. The van der Waals surface area contributed by atoms with Crippen molar-refractivity contribution in [3.05, 3.63) is 65.5 Å². The second-order valence-corrected chi connectivity index (χ2v) is 7.28. The Labute approximate surface area is 167 Å². The summed E-state index contributed by atoms with van der Waals surface area (Å²) in [4.78, 5) is 12.1. The van der Waals surface area contributed by atoms with Crippen molar-refractivity contribution in [2.75, 3.05) is 5.75 Å². The van der Waals surface area contributed by atoms with Crippen LogP contribution in [-0.2, 0) is 17.8 Å². The fourth-order valence-corrected chi connectivity index (χ4v) is 3.32. The number of nitrogens with zero attached hydrogens (tertiary/aromatic N) is 4. The number of halogens is 1. The van der Waals surface area contributed by atoms with Crippen LogP contribution in [0.3, 0.4) is 0 Å². The largest absolute Gasteiger partial charge is 0.351 e. The number of hydrogen-bond acceptors (Lipinski definition) is 5. The summed E-state index contributed by atoms with van der Waals surface area (Å²) in [6, 6.07) is 14.2. The fourth-order valence-electron chi connectivity index (χ4n) is 2.60. The number of carbonyl (C=O) groups excluding carboxylic acids is 1. The number of rotatable bonds is 9. The van der Waals surface area contributed by atoms with Crippen LogP contribution in [0.2, 0.25) is 0 Å². The number of carbonyl (C=O) groups is 1. The summed E-state index contributed by atoms with van der Waals surface area (Å²) in [6.07, 6.45) is 3.39. The van der Waals surface area contributed by atoms with Gasteiger partial charge in [0.25, 0.3) is 0 Å². The molecule has 1 amide bonds. The van der Waals surface area contributed by atoms with Gasteiger partial charge in [-0.15, -0.1) is 5.10 Å². The summed E-state index contributed by atoms with van der Waals surface area (Å²) in [5, 5.41) is 15.1. The minimum absolute atomic E-state index is 0.140. The van der Waals surface area contributed by atoms with Crippen LogP contribution in [0.5, 0.6) is 0 Å². The lowest BCUT2D eigenvalue weighted by molar-refractivity contribution is -0.118. The van der Waals surface area contributed by atoms with E-state index in [0.717, 1.165) is 17.7 Å². The van der Waals surface area contributed by atoms with E-state index in [9.17, 15) is 9.18 Å². The molecule has 8 heteroatoms. The van der Waals surface area contributed by atoms with Gasteiger partial charge in [-0.3, -0.25) is 4.79 Å². The van der Waals surface area contributed by atoms with Crippen molar-refractivity contribution in [2.45, 2.75) is 37.9 Å². The third kappa shape index (κ3) is 5.63. The summed E-state index contributed by atoms with van der Waals surface area (Å²) >= 11 is 1.27. The summed E-state index contributed by atoms with van der Waals surface area (Å²) in [5.74, 6) is -0.245. The predicted molar refractivity (Wildman–Crippen MR) is 107 cm³/mol. The average Bonchev–Trinajstić information content (AvgIpc) is 3.19.